The van der Waals surface area contributed by atoms with Gasteiger partial charge in [-0.05, 0) is 84.5 Å². The third-order valence-electron chi connectivity index (χ3n) is 7.08. The van der Waals surface area contributed by atoms with Crippen LogP contribution >= 0.6 is 0 Å². The molecule has 0 fully saturated rings. The van der Waals surface area contributed by atoms with Crippen LogP contribution < -0.4 is 25.3 Å². The maximum absolute atomic E-state index is 13.4. The molecule has 0 bridgehead atoms. The Bertz CT molecular complexity index is 1380. The van der Waals surface area contributed by atoms with Gasteiger partial charge >= 0.3 is 12.2 Å². The molecular formula is C30H34F3N3O4. The molecule has 0 aromatic heterocycles. The SMILES string of the molecule is CCNC(=O)N1CCc2cc(OC)c(OCCc3ccc(OC)c(N)c3)cc2C1c1ccc(C(F)(F)F)cc1C. The number of nitrogens with zero attached hydrogens (tertiary/aromatic N) is 1. The summed E-state index contributed by atoms with van der Waals surface area (Å²) in [5.74, 6) is 1.62. The smallest absolute Gasteiger partial charge is 0.416 e. The van der Waals surface area contributed by atoms with Gasteiger partial charge in [-0.2, -0.15) is 13.2 Å². The molecule has 1 aliphatic rings. The van der Waals surface area contributed by atoms with E-state index in [1.165, 1.54) is 6.07 Å². The minimum Gasteiger partial charge on any atom is -0.495 e. The third kappa shape index (κ3) is 6.05. The van der Waals surface area contributed by atoms with Crippen LogP contribution in [0.2, 0.25) is 0 Å². The summed E-state index contributed by atoms with van der Waals surface area (Å²) in [4.78, 5) is 14.8. The third-order valence-corrected chi connectivity index (χ3v) is 7.08. The lowest BCUT2D eigenvalue weighted by Crippen LogP contribution is -2.46. The molecule has 3 aromatic carbocycles. The number of aryl methyl sites for hydroxylation is 1. The molecule has 3 N–H and O–H groups in total. The highest BCUT2D eigenvalue weighted by Gasteiger charge is 2.36. The van der Waals surface area contributed by atoms with E-state index in [0.717, 1.165) is 28.8 Å². The van der Waals surface area contributed by atoms with Crippen molar-refractivity contribution in [1.29, 1.82) is 0 Å². The molecule has 0 saturated carbocycles. The second-order valence-electron chi connectivity index (χ2n) is 9.63. The van der Waals surface area contributed by atoms with Crippen LogP contribution in [-0.4, -0.2) is 44.8 Å². The molecule has 0 aliphatic carbocycles. The molecule has 214 valence electrons. The lowest BCUT2D eigenvalue weighted by molar-refractivity contribution is -0.137. The number of urea groups is 1. The standard InChI is InChI=1S/C30H34F3N3O4/c1-5-35-29(37)36-12-10-20-16-26(39-4)27(40-13-11-19-6-9-25(38-3)24(34)15-19)17-23(20)28(36)22-8-7-21(14-18(22)2)30(31,32)33/h6-9,14-17,28H,5,10-13,34H2,1-4H3,(H,35,37). The molecular weight excluding hydrogens is 523 g/mol. The van der Waals surface area contributed by atoms with Crippen molar-refractivity contribution in [2.45, 2.75) is 38.9 Å². The van der Waals surface area contributed by atoms with E-state index in [0.29, 0.717) is 66.6 Å². The molecule has 40 heavy (non-hydrogen) atoms. The van der Waals surface area contributed by atoms with Crippen LogP contribution in [0, 0.1) is 6.92 Å². The van der Waals surface area contributed by atoms with E-state index >= 15 is 0 Å². The van der Waals surface area contributed by atoms with Crippen molar-refractivity contribution in [1.82, 2.24) is 10.2 Å². The van der Waals surface area contributed by atoms with E-state index in [1.807, 2.05) is 31.2 Å². The summed E-state index contributed by atoms with van der Waals surface area (Å²) < 4.78 is 57.2. The van der Waals surface area contributed by atoms with Gasteiger partial charge < -0.3 is 30.2 Å². The van der Waals surface area contributed by atoms with Crippen LogP contribution in [0.3, 0.4) is 0 Å². The van der Waals surface area contributed by atoms with Crippen molar-refractivity contribution < 1.29 is 32.2 Å². The van der Waals surface area contributed by atoms with Gasteiger partial charge in [-0.25, -0.2) is 4.79 Å². The number of methoxy groups -OCH3 is 2. The van der Waals surface area contributed by atoms with Gasteiger partial charge in [0.1, 0.15) is 5.75 Å². The molecule has 2 amide bonds. The largest absolute Gasteiger partial charge is 0.495 e. The first kappa shape index (κ1) is 28.9. The maximum Gasteiger partial charge on any atom is 0.416 e. The number of halogens is 3. The van der Waals surface area contributed by atoms with Gasteiger partial charge in [-0.1, -0.05) is 12.1 Å². The fourth-order valence-electron chi connectivity index (χ4n) is 5.08. The molecule has 3 aromatic rings. The Hall–Kier alpha value is -4.08. The van der Waals surface area contributed by atoms with Crippen molar-refractivity contribution >= 4 is 11.7 Å². The number of nitrogens with one attached hydrogen (secondary N) is 1. The predicted molar refractivity (Wildman–Crippen MR) is 147 cm³/mol. The highest BCUT2D eigenvalue weighted by Crippen LogP contribution is 2.43. The monoisotopic (exact) mass is 557 g/mol. The summed E-state index contributed by atoms with van der Waals surface area (Å²) in [6.45, 7) is 4.60. The van der Waals surface area contributed by atoms with E-state index in [-0.39, 0.29) is 6.03 Å². The van der Waals surface area contributed by atoms with Crippen molar-refractivity contribution in [3.05, 3.63) is 81.9 Å². The van der Waals surface area contributed by atoms with Crippen molar-refractivity contribution in [2.24, 2.45) is 0 Å². The Morgan fingerprint density at radius 3 is 2.40 bits per heavy atom. The van der Waals surface area contributed by atoms with E-state index in [9.17, 15) is 18.0 Å². The molecule has 1 aliphatic heterocycles. The number of fused-ring (bicyclic) bond motifs is 1. The second-order valence-corrected chi connectivity index (χ2v) is 9.63. The number of hydrogen-bond acceptors (Lipinski definition) is 5. The second kappa shape index (κ2) is 12.0. The first-order valence-electron chi connectivity index (χ1n) is 13.1. The average molecular weight is 558 g/mol. The van der Waals surface area contributed by atoms with Gasteiger partial charge in [0.15, 0.2) is 11.5 Å². The molecule has 0 spiro atoms. The average Bonchev–Trinajstić information content (AvgIpc) is 2.92. The molecule has 7 nitrogen and oxygen atoms in total. The Labute approximate surface area is 232 Å². The van der Waals surface area contributed by atoms with E-state index in [4.69, 9.17) is 19.9 Å². The quantitative estimate of drug-likeness (QED) is 0.336. The van der Waals surface area contributed by atoms with Gasteiger partial charge in [0, 0.05) is 19.5 Å². The van der Waals surface area contributed by atoms with E-state index < -0.39 is 17.8 Å². The maximum atomic E-state index is 13.4. The van der Waals surface area contributed by atoms with Crippen LogP contribution in [0.25, 0.3) is 0 Å². The zero-order valence-corrected chi connectivity index (χ0v) is 23.0. The predicted octanol–water partition coefficient (Wildman–Crippen LogP) is 5.91. The van der Waals surface area contributed by atoms with Crippen molar-refractivity contribution in [2.75, 3.05) is 39.6 Å². The number of nitrogen functional groups attached to an aromatic ring is 1. The number of carbonyl (C=O) groups excluding carboxylic acids is 1. The van der Waals surface area contributed by atoms with Crippen LogP contribution in [-0.2, 0) is 19.0 Å². The van der Waals surface area contributed by atoms with Gasteiger partial charge in [-0.3, -0.25) is 0 Å². The van der Waals surface area contributed by atoms with Crippen LogP contribution in [0.4, 0.5) is 23.7 Å². The Kier molecular flexibility index (Phi) is 8.66. The molecule has 1 unspecified atom stereocenters. The Morgan fingerprint density at radius 1 is 1.02 bits per heavy atom. The van der Waals surface area contributed by atoms with E-state index in [1.54, 1.807) is 32.1 Å². The van der Waals surface area contributed by atoms with Gasteiger partial charge in [0.25, 0.3) is 0 Å². The highest BCUT2D eigenvalue weighted by atomic mass is 19.4. The highest BCUT2D eigenvalue weighted by molar-refractivity contribution is 5.76. The number of benzene rings is 3. The molecule has 0 radical (unpaired) electrons. The van der Waals surface area contributed by atoms with Crippen molar-refractivity contribution in [3.8, 4) is 17.2 Å². The number of anilines is 1. The first-order valence-corrected chi connectivity index (χ1v) is 13.1. The number of hydrogen-bond donors (Lipinski definition) is 2. The summed E-state index contributed by atoms with van der Waals surface area (Å²) >= 11 is 0. The van der Waals surface area contributed by atoms with Crippen LogP contribution in [0.15, 0.2) is 48.5 Å². The minimum atomic E-state index is -4.46. The fourth-order valence-corrected chi connectivity index (χ4v) is 5.08. The molecule has 0 saturated heterocycles. The Balaban J connectivity index is 1.70. The summed E-state index contributed by atoms with van der Waals surface area (Å²) in [5, 5.41) is 2.84. The van der Waals surface area contributed by atoms with Crippen LogP contribution in [0.5, 0.6) is 17.2 Å². The van der Waals surface area contributed by atoms with Gasteiger partial charge in [-0.15, -0.1) is 0 Å². The summed E-state index contributed by atoms with van der Waals surface area (Å²) in [5.41, 5.74) is 9.58. The number of rotatable bonds is 8. The lowest BCUT2D eigenvalue weighted by Gasteiger charge is -2.38. The molecule has 1 heterocycles. The minimum absolute atomic E-state index is 0.284. The van der Waals surface area contributed by atoms with E-state index in [2.05, 4.69) is 5.32 Å². The zero-order chi connectivity index (χ0) is 29.0. The number of alkyl halides is 3. The van der Waals surface area contributed by atoms with Gasteiger partial charge in [0.2, 0.25) is 0 Å². The number of amides is 2. The zero-order valence-electron chi connectivity index (χ0n) is 23.0. The van der Waals surface area contributed by atoms with Gasteiger partial charge in [0.05, 0.1) is 38.1 Å². The first-order chi connectivity index (χ1) is 19.1. The topological polar surface area (TPSA) is 86.1 Å². The number of carbonyl (C=O) groups is 1. The Morgan fingerprint density at radius 2 is 1.77 bits per heavy atom. The van der Waals surface area contributed by atoms with Crippen molar-refractivity contribution in [3.63, 3.8) is 0 Å². The van der Waals surface area contributed by atoms with Crippen LogP contribution in [0.1, 0.15) is 46.3 Å². The lowest BCUT2D eigenvalue weighted by atomic mass is 9.85. The normalized spacial score (nSPS) is 14.9. The summed E-state index contributed by atoms with van der Waals surface area (Å²) in [6.07, 6.45) is -3.33. The number of nitrogens with two attached hydrogens (primary N) is 1. The summed E-state index contributed by atoms with van der Waals surface area (Å²) in [6, 6.07) is 12.0. The fraction of sp³-hybridized carbons (Fsp3) is 0.367. The number of ether oxygens (including phenoxy) is 3. The summed E-state index contributed by atoms with van der Waals surface area (Å²) in [7, 11) is 3.11. The molecule has 4 rings (SSSR count). The molecule has 1 atom stereocenters. The molecule has 10 heteroatoms.